The highest BCUT2D eigenvalue weighted by molar-refractivity contribution is 7.22. The average Bonchev–Trinajstić information content (AvgIpc) is 2.78. The van der Waals surface area contributed by atoms with Crippen molar-refractivity contribution in [2.45, 2.75) is 6.54 Å². The van der Waals surface area contributed by atoms with Gasteiger partial charge in [-0.25, -0.2) is 4.98 Å². The van der Waals surface area contributed by atoms with Crippen molar-refractivity contribution in [1.29, 1.82) is 0 Å². The highest BCUT2D eigenvalue weighted by atomic mass is 32.1. The number of rotatable bonds is 2. The van der Waals surface area contributed by atoms with Crippen LogP contribution in [0.3, 0.4) is 0 Å². The molecule has 1 heterocycles. The van der Waals surface area contributed by atoms with Crippen LogP contribution in [0.5, 0.6) is 0 Å². The standard InChI is InChI=1S/C14H13N3S/c15-8-9-1-3-10(4-2-9)11-5-6-12-13(7-11)18-14(16)17-12/h1-7H,8,15H2,(H2,16,17). The van der Waals surface area contributed by atoms with E-state index in [0.29, 0.717) is 11.7 Å². The molecule has 0 fully saturated rings. The highest BCUT2D eigenvalue weighted by Gasteiger charge is 2.03. The Morgan fingerprint density at radius 2 is 1.72 bits per heavy atom. The van der Waals surface area contributed by atoms with E-state index in [2.05, 4.69) is 41.4 Å². The minimum Gasteiger partial charge on any atom is -0.375 e. The summed E-state index contributed by atoms with van der Waals surface area (Å²) >= 11 is 1.52. The van der Waals surface area contributed by atoms with Gasteiger partial charge in [0.1, 0.15) is 0 Å². The second kappa shape index (κ2) is 4.40. The molecule has 3 nitrogen and oxygen atoms in total. The van der Waals surface area contributed by atoms with Crippen LogP contribution in [0, 0.1) is 0 Å². The molecule has 0 radical (unpaired) electrons. The first-order valence-corrected chi connectivity index (χ1v) is 6.53. The predicted molar refractivity (Wildman–Crippen MR) is 77.4 cm³/mol. The average molecular weight is 255 g/mol. The van der Waals surface area contributed by atoms with Gasteiger partial charge in [0.25, 0.3) is 0 Å². The molecule has 0 unspecified atom stereocenters. The summed E-state index contributed by atoms with van der Waals surface area (Å²) in [5.74, 6) is 0. The van der Waals surface area contributed by atoms with Gasteiger partial charge in [0.2, 0.25) is 0 Å². The summed E-state index contributed by atoms with van der Waals surface area (Å²) in [5, 5.41) is 0.612. The number of thiazole rings is 1. The van der Waals surface area contributed by atoms with E-state index in [1.165, 1.54) is 22.5 Å². The second-order valence-corrected chi connectivity index (χ2v) is 5.20. The molecule has 0 aliphatic carbocycles. The van der Waals surface area contributed by atoms with Crippen LogP contribution >= 0.6 is 11.3 Å². The molecule has 0 bridgehead atoms. The number of nitrogens with zero attached hydrogens (tertiary/aromatic N) is 1. The number of fused-ring (bicyclic) bond motifs is 1. The third kappa shape index (κ3) is 1.96. The summed E-state index contributed by atoms with van der Waals surface area (Å²) in [7, 11) is 0. The zero-order valence-corrected chi connectivity index (χ0v) is 10.6. The minimum atomic E-state index is 0.574. The molecule has 4 heteroatoms. The molecule has 90 valence electrons. The van der Waals surface area contributed by atoms with E-state index < -0.39 is 0 Å². The van der Waals surface area contributed by atoms with Crippen molar-refractivity contribution in [2.75, 3.05) is 5.73 Å². The molecule has 4 N–H and O–H groups in total. The largest absolute Gasteiger partial charge is 0.375 e. The van der Waals surface area contributed by atoms with E-state index in [0.717, 1.165) is 15.8 Å². The van der Waals surface area contributed by atoms with Gasteiger partial charge in [0.05, 0.1) is 10.2 Å². The smallest absolute Gasteiger partial charge is 0.181 e. The first-order chi connectivity index (χ1) is 8.76. The summed E-state index contributed by atoms with van der Waals surface area (Å²) in [4.78, 5) is 4.26. The van der Waals surface area contributed by atoms with Gasteiger partial charge in [-0.2, -0.15) is 0 Å². The Kier molecular flexibility index (Phi) is 2.74. The molecule has 0 atom stereocenters. The monoisotopic (exact) mass is 255 g/mol. The third-order valence-electron chi connectivity index (χ3n) is 2.93. The Labute approximate surface area is 109 Å². The fourth-order valence-corrected chi connectivity index (χ4v) is 2.73. The zero-order chi connectivity index (χ0) is 12.5. The van der Waals surface area contributed by atoms with Crippen LogP contribution in [0.15, 0.2) is 42.5 Å². The maximum absolute atomic E-state index is 5.71. The molecule has 18 heavy (non-hydrogen) atoms. The zero-order valence-electron chi connectivity index (χ0n) is 9.76. The Hall–Kier alpha value is -1.91. The maximum atomic E-state index is 5.71. The molecule has 0 aliphatic heterocycles. The SMILES string of the molecule is NCc1ccc(-c2ccc3nc(N)sc3c2)cc1. The molecule has 1 aromatic heterocycles. The lowest BCUT2D eigenvalue weighted by Gasteiger charge is -2.03. The van der Waals surface area contributed by atoms with Crippen molar-refractivity contribution < 1.29 is 0 Å². The van der Waals surface area contributed by atoms with Crippen molar-refractivity contribution in [1.82, 2.24) is 4.98 Å². The molecule has 0 spiro atoms. The Bertz CT molecular complexity index is 686. The first kappa shape index (κ1) is 11.2. The fourth-order valence-electron chi connectivity index (χ4n) is 1.96. The van der Waals surface area contributed by atoms with Crippen LogP contribution in [-0.4, -0.2) is 4.98 Å². The van der Waals surface area contributed by atoms with Gasteiger partial charge in [-0.3, -0.25) is 0 Å². The number of hydrogen-bond acceptors (Lipinski definition) is 4. The van der Waals surface area contributed by atoms with Gasteiger partial charge in [0, 0.05) is 6.54 Å². The van der Waals surface area contributed by atoms with Crippen LogP contribution in [0.2, 0.25) is 0 Å². The van der Waals surface area contributed by atoms with Crippen LogP contribution in [0.25, 0.3) is 21.3 Å². The van der Waals surface area contributed by atoms with Crippen LogP contribution in [0.4, 0.5) is 5.13 Å². The molecular formula is C14H13N3S. The minimum absolute atomic E-state index is 0.574. The van der Waals surface area contributed by atoms with Crippen molar-refractivity contribution in [3.8, 4) is 11.1 Å². The van der Waals surface area contributed by atoms with Crippen LogP contribution in [-0.2, 0) is 6.54 Å². The van der Waals surface area contributed by atoms with Crippen molar-refractivity contribution >= 4 is 26.7 Å². The summed E-state index contributed by atoms with van der Waals surface area (Å²) in [6.45, 7) is 0.574. The second-order valence-electron chi connectivity index (χ2n) is 4.14. The molecule has 3 aromatic rings. The van der Waals surface area contributed by atoms with Gasteiger partial charge in [-0.05, 0) is 28.8 Å². The number of nitrogen functional groups attached to an aromatic ring is 1. The summed E-state index contributed by atoms with van der Waals surface area (Å²) in [5.41, 5.74) is 15.8. The lowest BCUT2D eigenvalue weighted by atomic mass is 10.0. The molecule has 3 rings (SSSR count). The number of anilines is 1. The van der Waals surface area contributed by atoms with E-state index >= 15 is 0 Å². The van der Waals surface area contributed by atoms with E-state index in [-0.39, 0.29) is 0 Å². The quantitative estimate of drug-likeness (QED) is 0.739. The van der Waals surface area contributed by atoms with Crippen LogP contribution in [0.1, 0.15) is 5.56 Å². The number of aromatic nitrogens is 1. The van der Waals surface area contributed by atoms with E-state index in [1.54, 1.807) is 0 Å². The van der Waals surface area contributed by atoms with Crippen molar-refractivity contribution in [3.05, 3.63) is 48.0 Å². The van der Waals surface area contributed by atoms with Gasteiger partial charge < -0.3 is 11.5 Å². The Balaban J connectivity index is 2.06. The van der Waals surface area contributed by atoms with E-state index in [9.17, 15) is 0 Å². The van der Waals surface area contributed by atoms with Crippen molar-refractivity contribution in [3.63, 3.8) is 0 Å². The Morgan fingerprint density at radius 3 is 2.44 bits per heavy atom. The molecule has 2 aromatic carbocycles. The topological polar surface area (TPSA) is 64.9 Å². The molecular weight excluding hydrogens is 242 g/mol. The highest BCUT2D eigenvalue weighted by Crippen LogP contribution is 2.29. The number of nitrogens with two attached hydrogens (primary N) is 2. The van der Waals surface area contributed by atoms with Gasteiger partial charge in [-0.15, -0.1) is 0 Å². The summed E-state index contributed by atoms with van der Waals surface area (Å²) in [6, 6.07) is 14.5. The van der Waals surface area contributed by atoms with Crippen LogP contribution < -0.4 is 11.5 Å². The molecule has 0 saturated heterocycles. The summed E-state index contributed by atoms with van der Waals surface area (Å²) in [6.07, 6.45) is 0. The lowest BCUT2D eigenvalue weighted by Crippen LogP contribution is -1.95. The molecule has 0 saturated carbocycles. The normalized spacial score (nSPS) is 10.9. The molecule has 0 amide bonds. The maximum Gasteiger partial charge on any atom is 0.181 e. The van der Waals surface area contributed by atoms with Crippen molar-refractivity contribution in [2.24, 2.45) is 5.73 Å². The molecule has 0 aliphatic rings. The number of hydrogen-bond donors (Lipinski definition) is 2. The summed E-state index contributed by atoms with van der Waals surface area (Å²) < 4.78 is 1.12. The number of benzene rings is 2. The third-order valence-corrected chi connectivity index (χ3v) is 3.78. The Morgan fingerprint density at radius 1 is 1.00 bits per heavy atom. The van der Waals surface area contributed by atoms with Gasteiger partial charge >= 0.3 is 0 Å². The first-order valence-electron chi connectivity index (χ1n) is 5.72. The fraction of sp³-hybridized carbons (Fsp3) is 0.0714. The van der Waals surface area contributed by atoms with Gasteiger partial charge in [-0.1, -0.05) is 41.7 Å². The lowest BCUT2D eigenvalue weighted by molar-refractivity contribution is 1.07. The van der Waals surface area contributed by atoms with Gasteiger partial charge in [0.15, 0.2) is 5.13 Å². The predicted octanol–water partition coefficient (Wildman–Crippen LogP) is 3.00. The van der Waals surface area contributed by atoms with E-state index in [1.807, 2.05) is 6.07 Å². The van der Waals surface area contributed by atoms with E-state index in [4.69, 9.17) is 11.5 Å².